The highest BCUT2D eigenvalue weighted by atomic mass is 16.7. The van der Waals surface area contributed by atoms with E-state index < -0.39 is 60.2 Å². The summed E-state index contributed by atoms with van der Waals surface area (Å²) >= 11 is 0. The number of ether oxygens (including phenoxy) is 7. The van der Waals surface area contributed by atoms with Crippen molar-refractivity contribution in [2.75, 3.05) is 39.3 Å². The fraction of sp³-hybridized carbons (Fsp3) is 0.652. The molecule has 1 amide bonds. The van der Waals surface area contributed by atoms with Crippen molar-refractivity contribution in [1.29, 1.82) is 0 Å². The third-order valence-corrected chi connectivity index (χ3v) is 11.5. The normalized spacial score (nSPS) is 23.0. The smallest absolute Gasteiger partial charge is 0.410 e. The minimum absolute atomic E-state index is 0.0209. The van der Waals surface area contributed by atoms with E-state index in [1.807, 2.05) is 39.5 Å². The summed E-state index contributed by atoms with van der Waals surface area (Å²) in [6, 6.07) is 6.32. The van der Waals surface area contributed by atoms with E-state index in [0.29, 0.717) is 6.42 Å². The van der Waals surface area contributed by atoms with Crippen LogP contribution in [0.1, 0.15) is 128 Å². The summed E-state index contributed by atoms with van der Waals surface area (Å²) in [6.45, 7) is 20.8. The summed E-state index contributed by atoms with van der Waals surface area (Å²) < 4.78 is 40.1. The number of hydrogen-bond acceptors (Lipinski definition) is 14. The van der Waals surface area contributed by atoms with Gasteiger partial charge in [0.25, 0.3) is 0 Å². The minimum Gasteiger partial charge on any atom is -0.463 e. The van der Waals surface area contributed by atoms with Crippen molar-refractivity contribution >= 4 is 36.0 Å². The molecule has 16 heteroatoms. The fourth-order valence-corrected chi connectivity index (χ4v) is 8.59. The zero-order valence-electron chi connectivity index (χ0n) is 38.1. The number of amides is 1. The SMILES string of the molecule is CC(=O)OC[C@H]1OC(Oc2n[nH]c(C(C)C)c2Cc2ccc(/C=C/CCN3CCCC4(CCN(C(=O)OC(C)(C)C)CC4)C3)cc2C)[C@H](OC(C)=O)[C@@H](OC(C)=O)[C@@H]1OC(C)=O. The second-order valence-corrected chi connectivity index (χ2v) is 18.2. The van der Waals surface area contributed by atoms with Gasteiger partial charge in [-0.2, -0.15) is 0 Å². The molecule has 342 valence electrons. The Labute approximate surface area is 365 Å². The predicted molar refractivity (Wildman–Crippen MR) is 228 cm³/mol. The van der Waals surface area contributed by atoms with Crippen LogP contribution in [0.5, 0.6) is 5.88 Å². The highest BCUT2D eigenvalue weighted by molar-refractivity contribution is 5.69. The van der Waals surface area contributed by atoms with Gasteiger partial charge >= 0.3 is 30.0 Å². The van der Waals surface area contributed by atoms with Crippen molar-refractivity contribution in [2.24, 2.45) is 5.41 Å². The molecule has 2 aromatic rings. The summed E-state index contributed by atoms with van der Waals surface area (Å²) in [6.07, 6.45) is 3.27. The Kier molecular flexibility index (Phi) is 16.2. The zero-order chi connectivity index (χ0) is 45.4. The maximum Gasteiger partial charge on any atom is 0.410 e. The second kappa shape index (κ2) is 20.9. The Morgan fingerprint density at radius 1 is 0.919 bits per heavy atom. The number of benzene rings is 1. The molecule has 3 aliphatic rings. The molecule has 3 saturated heterocycles. The van der Waals surface area contributed by atoms with Crippen molar-refractivity contribution < 1.29 is 57.1 Å². The number of piperidine rings is 2. The van der Waals surface area contributed by atoms with Crippen molar-refractivity contribution in [2.45, 2.75) is 150 Å². The Bertz CT molecular complexity index is 1930. The lowest BCUT2D eigenvalue weighted by molar-refractivity contribution is -0.289. The van der Waals surface area contributed by atoms with Gasteiger partial charge in [0.15, 0.2) is 12.2 Å². The van der Waals surface area contributed by atoms with Crippen LogP contribution in [0.15, 0.2) is 24.3 Å². The van der Waals surface area contributed by atoms with Gasteiger partial charge in [0, 0.05) is 71.6 Å². The van der Waals surface area contributed by atoms with Crippen molar-refractivity contribution in [3.05, 3.63) is 52.2 Å². The van der Waals surface area contributed by atoms with Gasteiger partial charge in [0.2, 0.25) is 18.3 Å². The summed E-state index contributed by atoms with van der Waals surface area (Å²) in [5.74, 6) is -2.61. The fourth-order valence-electron chi connectivity index (χ4n) is 8.59. The summed E-state index contributed by atoms with van der Waals surface area (Å²) in [7, 11) is 0. The molecule has 1 spiro atoms. The number of hydrogen-bond donors (Lipinski definition) is 1. The molecule has 0 aliphatic carbocycles. The van der Waals surface area contributed by atoms with E-state index in [-0.39, 0.29) is 29.9 Å². The average molecular weight is 867 g/mol. The molecule has 1 N–H and O–H groups in total. The van der Waals surface area contributed by atoms with Crippen LogP contribution in [0.3, 0.4) is 0 Å². The number of H-pyrrole nitrogens is 1. The van der Waals surface area contributed by atoms with Gasteiger partial charge in [-0.1, -0.05) is 44.2 Å². The first-order valence-corrected chi connectivity index (χ1v) is 21.7. The molecule has 5 atom stereocenters. The Balaban J connectivity index is 1.26. The lowest BCUT2D eigenvalue weighted by Crippen LogP contribution is -2.63. The van der Waals surface area contributed by atoms with E-state index in [1.165, 1.54) is 33.6 Å². The highest BCUT2D eigenvalue weighted by Gasteiger charge is 2.54. The third-order valence-electron chi connectivity index (χ3n) is 11.5. The van der Waals surface area contributed by atoms with E-state index in [0.717, 1.165) is 86.9 Å². The molecule has 4 heterocycles. The number of nitrogens with zero attached hydrogens (tertiary/aromatic N) is 3. The Morgan fingerprint density at radius 3 is 2.19 bits per heavy atom. The van der Waals surface area contributed by atoms with E-state index in [9.17, 15) is 24.0 Å². The van der Waals surface area contributed by atoms with Crippen molar-refractivity contribution in [3.63, 3.8) is 0 Å². The number of likely N-dealkylation sites (tertiary alicyclic amines) is 2. The number of esters is 4. The third kappa shape index (κ3) is 13.3. The first-order valence-electron chi connectivity index (χ1n) is 21.7. The summed E-state index contributed by atoms with van der Waals surface area (Å²) in [5, 5.41) is 7.59. The van der Waals surface area contributed by atoms with Crippen molar-refractivity contribution in [3.8, 4) is 5.88 Å². The number of aryl methyl sites for hydroxylation is 1. The summed E-state index contributed by atoms with van der Waals surface area (Å²) in [4.78, 5) is 65.8. The van der Waals surface area contributed by atoms with Crippen LogP contribution in [0.2, 0.25) is 0 Å². The van der Waals surface area contributed by atoms with Crippen LogP contribution in [0.25, 0.3) is 6.08 Å². The van der Waals surface area contributed by atoms with Crippen LogP contribution in [-0.4, -0.2) is 126 Å². The number of aromatic amines is 1. The van der Waals surface area contributed by atoms with Gasteiger partial charge in [0.05, 0.1) is 0 Å². The number of carbonyl (C=O) groups excluding carboxylic acids is 5. The van der Waals surface area contributed by atoms with Gasteiger partial charge in [-0.15, -0.1) is 5.10 Å². The molecule has 0 bridgehead atoms. The lowest BCUT2D eigenvalue weighted by atomic mass is 9.72. The molecule has 5 rings (SSSR count). The Hall–Kier alpha value is -4.96. The number of carbonyl (C=O) groups is 5. The second-order valence-electron chi connectivity index (χ2n) is 18.2. The first kappa shape index (κ1) is 48.1. The van der Waals surface area contributed by atoms with E-state index >= 15 is 0 Å². The maximum absolute atomic E-state index is 12.6. The van der Waals surface area contributed by atoms with E-state index in [1.54, 1.807) is 0 Å². The largest absolute Gasteiger partial charge is 0.463 e. The molecule has 0 radical (unpaired) electrons. The van der Waals surface area contributed by atoms with E-state index in [2.05, 4.69) is 52.4 Å². The molecule has 1 aromatic carbocycles. The maximum atomic E-state index is 12.6. The molecule has 1 aromatic heterocycles. The molecular weight excluding hydrogens is 801 g/mol. The summed E-state index contributed by atoms with van der Waals surface area (Å²) in [5.41, 5.74) is 4.51. The molecule has 3 aliphatic heterocycles. The molecule has 16 nitrogen and oxygen atoms in total. The lowest BCUT2D eigenvalue weighted by Gasteiger charge is -2.47. The van der Waals surface area contributed by atoms with Gasteiger partial charge in [-0.3, -0.25) is 24.3 Å². The Morgan fingerprint density at radius 2 is 1.58 bits per heavy atom. The molecule has 62 heavy (non-hydrogen) atoms. The molecule has 3 fully saturated rings. The van der Waals surface area contributed by atoms with Crippen LogP contribution >= 0.6 is 0 Å². The van der Waals surface area contributed by atoms with Crippen LogP contribution in [0.4, 0.5) is 4.79 Å². The predicted octanol–water partition coefficient (Wildman–Crippen LogP) is 6.41. The zero-order valence-corrected chi connectivity index (χ0v) is 38.1. The van der Waals surface area contributed by atoms with Crippen molar-refractivity contribution in [1.82, 2.24) is 20.0 Å². The van der Waals surface area contributed by atoms with E-state index in [4.69, 9.17) is 33.2 Å². The van der Waals surface area contributed by atoms with Gasteiger partial charge in [-0.05, 0) is 94.4 Å². The number of nitrogens with one attached hydrogen (secondary N) is 1. The molecule has 0 saturated carbocycles. The molecule has 1 unspecified atom stereocenters. The quantitative estimate of drug-likeness (QED) is 0.162. The minimum atomic E-state index is -1.42. The standard InChI is InChI=1S/C46H66N4O12/c1-28(2)38-36(42(48-47-38)61-43-41(59-33(7)54)40(58-32(6)53)39(57-31(5)52)37(60-43)26-56-30(4)51)25-35-16-15-34(24-29(35)3)14-11-12-20-49-21-13-17-46(27-49)18-22-50(23-19-46)44(55)62-45(8,9)10/h11,14-16,24,28,37,39-41,43H,12-13,17-23,25-27H2,1-10H3,(H,47,48)/b14-11+/t37-,39-,40+,41-,43?/m1/s1. The van der Waals surface area contributed by atoms with Crippen LogP contribution in [0, 0.1) is 12.3 Å². The number of rotatable bonds is 14. The van der Waals surface area contributed by atoms with Crippen LogP contribution < -0.4 is 4.74 Å². The van der Waals surface area contributed by atoms with Gasteiger partial charge in [0.1, 0.15) is 18.3 Å². The highest BCUT2D eigenvalue weighted by Crippen LogP contribution is 2.40. The topological polar surface area (TPSA) is 185 Å². The first-order chi connectivity index (χ1) is 29.2. The molecular formula is C46H66N4O12. The van der Waals surface area contributed by atoms with Crippen LogP contribution in [-0.2, 0) is 54.0 Å². The van der Waals surface area contributed by atoms with Gasteiger partial charge < -0.3 is 43.0 Å². The monoisotopic (exact) mass is 866 g/mol. The number of aromatic nitrogens is 2. The average Bonchev–Trinajstić information content (AvgIpc) is 3.57. The van der Waals surface area contributed by atoms with Gasteiger partial charge in [-0.25, -0.2) is 4.79 Å².